The number of rotatable bonds is 5. The first-order valence-corrected chi connectivity index (χ1v) is 7.09. The lowest BCUT2D eigenvalue weighted by Gasteiger charge is -2.22. The molecule has 1 aliphatic rings. The average molecular weight is 232 g/mol. The minimum absolute atomic E-state index is 0.0335. The van der Waals surface area contributed by atoms with E-state index < -0.39 is 10.8 Å². The van der Waals surface area contributed by atoms with Crippen LogP contribution in [0.25, 0.3) is 0 Å². The molecule has 0 aliphatic carbocycles. The summed E-state index contributed by atoms with van der Waals surface area (Å²) in [5.74, 6) is 1.29. The van der Waals surface area contributed by atoms with E-state index in [2.05, 4.69) is 10.6 Å². The first kappa shape index (κ1) is 12.6. The molecule has 1 fully saturated rings. The molecule has 0 bridgehead atoms. The van der Waals surface area contributed by atoms with Gasteiger partial charge in [0.2, 0.25) is 5.91 Å². The number of nitrogens with one attached hydrogen (secondary N) is 2. The third-order valence-electron chi connectivity index (χ3n) is 2.58. The van der Waals surface area contributed by atoms with Crippen LogP contribution in [0.2, 0.25) is 0 Å². The van der Waals surface area contributed by atoms with Gasteiger partial charge in [0.1, 0.15) is 0 Å². The average Bonchev–Trinajstić information content (AvgIpc) is 2.29. The van der Waals surface area contributed by atoms with Crippen molar-refractivity contribution in [3.05, 3.63) is 0 Å². The van der Waals surface area contributed by atoms with Crippen LogP contribution in [0.15, 0.2) is 0 Å². The van der Waals surface area contributed by atoms with Crippen molar-refractivity contribution in [2.75, 3.05) is 24.6 Å². The molecule has 1 amide bonds. The third-order valence-corrected chi connectivity index (χ3v) is 3.88. The lowest BCUT2D eigenvalue weighted by Crippen LogP contribution is -2.47. The molecule has 0 spiro atoms. The third kappa shape index (κ3) is 4.75. The highest BCUT2D eigenvalue weighted by molar-refractivity contribution is 7.84. The minimum atomic E-state index is -0.783. The van der Waals surface area contributed by atoms with E-state index in [1.165, 1.54) is 0 Å². The van der Waals surface area contributed by atoms with Crippen LogP contribution in [0.3, 0.4) is 0 Å². The van der Waals surface area contributed by atoms with Crippen LogP contribution in [-0.4, -0.2) is 40.8 Å². The predicted molar refractivity (Wildman–Crippen MR) is 62.2 cm³/mol. The van der Waals surface area contributed by atoms with Crippen LogP contribution < -0.4 is 10.6 Å². The summed E-state index contributed by atoms with van der Waals surface area (Å²) in [6.07, 6.45) is 3.19. The van der Waals surface area contributed by atoms with Gasteiger partial charge in [-0.25, -0.2) is 0 Å². The molecule has 88 valence electrons. The maximum atomic E-state index is 11.6. The summed E-state index contributed by atoms with van der Waals surface area (Å²) in [6, 6.07) is -0.0335. The lowest BCUT2D eigenvalue weighted by molar-refractivity contribution is -0.123. The van der Waals surface area contributed by atoms with E-state index in [4.69, 9.17) is 0 Å². The maximum absolute atomic E-state index is 11.6. The molecule has 0 radical (unpaired) electrons. The summed E-state index contributed by atoms with van der Waals surface area (Å²) in [5.41, 5.74) is 0. The molecule has 2 N–H and O–H groups in total. The summed E-state index contributed by atoms with van der Waals surface area (Å²) in [6.45, 7) is 3.34. The molecule has 1 heterocycles. The van der Waals surface area contributed by atoms with Crippen LogP contribution in [0, 0.1) is 0 Å². The fraction of sp³-hybridized carbons (Fsp3) is 0.900. The van der Waals surface area contributed by atoms with Crippen LogP contribution >= 0.6 is 0 Å². The SMILES string of the molecule is CCS(=O)CCNC(=O)[C@H]1CCCCN1. The lowest BCUT2D eigenvalue weighted by atomic mass is 10.0. The van der Waals surface area contributed by atoms with Crippen LogP contribution in [0.5, 0.6) is 0 Å². The second-order valence-electron chi connectivity index (χ2n) is 3.73. The van der Waals surface area contributed by atoms with E-state index >= 15 is 0 Å². The highest BCUT2D eigenvalue weighted by Gasteiger charge is 2.19. The Hall–Kier alpha value is -0.420. The topological polar surface area (TPSA) is 58.2 Å². The number of carbonyl (C=O) groups excluding carboxylic acids is 1. The maximum Gasteiger partial charge on any atom is 0.237 e. The summed E-state index contributed by atoms with van der Waals surface area (Å²) >= 11 is 0. The molecular weight excluding hydrogens is 212 g/mol. The predicted octanol–water partition coefficient (Wildman–Crippen LogP) is 0.0133. The summed E-state index contributed by atoms with van der Waals surface area (Å²) in [5, 5.41) is 6.01. The molecule has 4 nitrogen and oxygen atoms in total. The number of piperidine rings is 1. The van der Waals surface area contributed by atoms with Crippen molar-refractivity contribution >= 4 is 16.7 Å². The molecule has 15 heavy (non-hydrogen) atoms. The van der Waals surface area contributed by atoms with Crippen molar-refractivity contribution < 1.29 is 9.00 Å². The molecule has 0 aromatic carbocycles. The van der Waals surface area contributed by atoms with Gasteiger partial charge in [-0.3, -0.25) is 9.00 Å². The molecule has 1 rings (SSSR count). The van der Waals surface area contributed by atoms with Gasteiger partial charge in [-0.05, 0) is 19.4 Å². The van der Waals surface area contributed by atoms with Gasteiger partial charge in [0, 0.05) is 28.9 Å². The van der Waals surface area contributed by atoms with Crippen molar-refractivity contribution in [3.8, 4) is 0 Å². The van der Waals surface area contributed by atoms with Crippen LogP contribution in [0.1, 0.15) is 26.2 Å². The summed E-state index contributed by atoms with van der Waals surface area (Å²) in [4.78, 5) is 11.6. The van der Waals surface area contributed by atoms with Crippen molar-refractivity contribution in [2.45, 2.75) is 32.2 Å². The first-order valence-electron chi connectivity index (χ1n) is 5.60. The van der Waals surface area contributed by atoms with Gasteiger partial charge in [-0.15, -0.1) is 0 Å². The Morgan fingerprint density at radius 1 is 1.53 bits per heavy atom. The molecule has 0 saturated carbocycles. The van der Waals surface area contributed by atoms with Gasteiger partial charge in [0.25, 0.3) is 0 Å². The molecule has 1 unspecified atom stereocenters. The van der Waals surface area contributed by atoms with Gasteiger partial charge in [-0.2, -0.15) is 0 Å². The van der Waals surface area contributed by atoms with Gasteiger partial charge in [-0.1, -0.05) is 13.3 Å². The number of hydrogen-bond acceptors (Lipinski definition) is 3. The molecule has 0 aromatic rings. The first-order chi connectivity index (χ1) is 7.24. The number of hydrogen-bond donors (Lipinski definition) is 2. The Morgan fingerprint density at radius 3 is 2.93 bits per heavy atom. The van der Waals surface area contributed by atoms with Gasteiger partial charge < -0.3 is 10.6 Å². The smallest absolute Gasteiger partial charge is 0.237 e. The van der Waals surface area contributed by atoms with E-state index in [-0.39, 0.29) is 11.9 Å². The van der Waals surface area contributed by atoms with Gasteiger partial charge in [0.15, 0.2) is 0 Å². The molecule has 2 atom stereocenters. The van der Waals surface area contributed by atoms with E-state index in [1.807, 2.05) is 6.92 Å². The zero-order valence-corrected chi connectivity index (χ0v) is 10.1. The molecule has 1 saturated heterocycles. The normalized spacial score (nSPS) is 23.4. The van der Waals surface area contributed by atoms with Crippen molar-refractivity contribution in [1.82, 2.24) is 10.6 Å². The summed E-state index contributed by atoms with van der Waals surface area (Å²) < 4.78 is 11.1. The molecular formula is C10H20N2O2S. The minimum Gasteiger partial charge on any atom is -0.354 e. The Kier molecular flexibility index (Phi) is 5.86. The van der Waals surface area contributed by atoms with Crippen LogP contribution in [0.4, 0.5) is 0 Å². The second-order valence-corrected chi connectivity index (χ2v) is 5.59. The second kappa shape index (κ2) is 6.95. The van der Waals surface area contributed by atoms with Crippen LogP contribution in [-0.2, 0) is 15.6 Å². The monoisotopic (exact) mass is 232 g/mol. The molecule has 0 aromatic heterocycles. The zero-order valence-electron chi connectivity index (χ0n) is 9.25. The largest absolute Gasteiger partial charge is 0.354 e. The Morgan fingerprint density at radius 2 is 2.33 bits per heavy atom. The van der Waals surface area contributed by atoms with E-state index in [1.54, 1.807) is 0 Å². The standard InChI is InChI=1S/C10H20N2O2S/c1-2-15(14)8-7-12-10(13)9-5-3-4-6-11-9/h9,11H,2-8H2,1H3,(H,12,13)/t9-,15?/m1/s1. The number of carbonyl (C=O) groups is 1. The van der Waals surface area contributed by atoms with E-state index in [0.717, 1.165) is 25.8 Å². The molecule has 1 aliphatic heterocycles. The molecule has 5 heteroatoms. The Balaban J connectivity index is 2.14. The van der Waals surface area contributed by atoms with Gasteiger partial charge in [0.05, 0.1) is 6.04 Å². The Bertz CT molecular complexity index is 227. The highest BCUT2D eigenvalue weighted by Crippen LogP contribution is 2.06. The van der Waals surface area contributed by atoms with Crippen molar-refractivity contribution in [1.29, 1.82) is 0 Å². The highest BCUT2D eigenvalue weighted by atomic mass is 32.2. The van der Waals surface area contributed by atoms with Gasteiger partial charge >= 0.3 is 0 Å². The van der Waals surface area contributed by atoms with E-state index in [0.29, 0.717) is 18.1 Å². The number of amides is 1. The zero-order chi connectivity index (χ0) is 11.1. The Labute approximate surface area is 93.7 Å². The fourth-order valence-electron chi connectivity index (χ4n) is 1.63. The summed E-state index contributed by atoms with van der Waals surface area (Å²) in [7, 11) is -0.783. The quantitative estimate of drug-likeness (QED) is 0.702. The van der Waals surface area contributed by atoms with Crippen molar-refractivity contribution in [3.63, 3.8) is 0 Å². The fourth-order valence-corrected chi connectivity index (χ4v) is 2.25. The van der Waals surface area contributed by atoms with Crippen molar-refractivity contribution in [2.24, 2.45) is 0 Å². The van der Waals surface area contributed by atoms with E-state index in [9.17, 15) is 9.00 Å².